The molecule has 0 saturated carbocycles. The lowest BCUT2D eigenvalue weighted by Gasteiger charge is -2.31. The first-order valence-corrected chi connectivity index (χ1v) is 13.3. The lowest BCUT2D eigenvalue weighted by atomic mass is 9.93. The van der Waals surface area contributed by atoms with Crippen molar-refractivity contribution in [2.75, 3.05) is 41.7 Å². The molecule has 2 fully saturated rings. The first kappa shape index (κ1) is 26.2. The van der Waals surface area contributed by atoms with Crippen LogP contribution in [0, 0.1) is 5.92 Å². The maximum Gasteiger partial charge on any atom is 0.417 e. The fourth-order valence-electron chi connectivity index (χ4n) is 4.82. The zero-order valence-corrected chi connectivity index (χ0v) is 21.4. The zero-order chi connectivity index (χ0) is 26.5. The third-order valence-corrected chi connectivity index (χ3v) is 7.55. The largest absolute Gasteiger partial charge is 0.417 e. The molecule has 1 unspecified atom stereocenters. The quantitative estimate of drug-likeness (QED) is 0.436. The van der Waals surface area contributed by atoms with Gasteiger partial charge in [-0.2, -0.15) is 18.3 Å². The Labute approximate surface area is 221 Å². The number of halogens is 3. The first-order valence-electron chi connectivity index (χ1n) is 12.5. The van der Waals surface area contributed by atoms with E-state index in [0.717, 1.165) is 50.4 Å². The van der Waals surface area contributed by atoms with Crippen molar-refractivity contribution in [3.8, 4) is 0 Å². The molecule has 2 N–H and O–H groups in total. The molecule has 0 radical (unpaired) electrons. The summed E-state index contributed by atoms with van der Waals surface area (Å²) in [6.07, 6.45) is 2.47. The Balaban J connectivity index is 1.03. The highest BCUT2D eigenvalue weighted by Gasteiger charge is 2.31. The zero-order valence-electron chi connectivity index (χ0n) is 20.6. The van der Waals surface area contributed by atoms with Crippen molar-refractivity contribution < 1.29 is 18.0 Å². The smallest absolute Gasteiger partial charge is 0.355 e. The fraction of sp³-hybridized carbons (Fsp3) is 0.500. The van der Waals surface area contributed by atoms with Gasteiger partial charge < -0.3 is 15.5 Å². The van der Waals surface area contributed by atoms with E-state index in [-0.39, 0.29) is 17.9 Å². The van der Waals surface area contributed by atoms with E-state index < -0.39 is 11.7 Å². The van der Waals surface area contributed by atoms with Gasteiger partial charge >= 0.3 is 6.18 Å². The van der Waals surface area contributed by atoms with Crippen LogP contribution < -0.4 is 15.5 Å². The molecule has 0 spiro atoms. The van der Waals surface area contributed by atoms with E-state index in [4.69, 9.17) is 0 Å². The third kappa shape index (κ3) is 6.92. The summed E-state index contributed by atoms with van der Waals surface area (Å²) >= 11 is 1.31. The standard InChI is InChI=1S/C24H28F3N9OS/c25-24(26,27)18-10-17(12-28-13-18)14-35-7-3-16(4-8-35)11-21(37)31-23-34-33-22(38-23)30-19-5-9-36(15-19)20-2-1-6-29-32-20/h1-2,6,10,12-13,16,19H,3-5,7-9,11,14-15H2,(H,30,33)(H,31,34,37). The number of nitrogens with one attached hydrogen (secondary N) is 2. The van der Waals surface area contributed by atoms with Crippen LogP contribution in [0.5, 0.6) is 0 Å². The highest BCUT2D eigenvalue weighted by molar-refractivity contribution is 7.19. The Kier molecular flexibility index (Phi) is 7.98. The van der Waals surface area contributed by atoms with E-state index in [1.54, 1.807) is 6.20 Å². The van der Waals surface area contributed by atoms with Crippen molar-refractivity contribution in [3.05, 3.63) is 47.9 Å². The van der Waals surface area contributed by atoms with E-state index in [1.165, 1.54) is 17.5 Å². The number of alkyl halides is 3. The molecular formula is C24H28F3N9OS. The van der Waals surface area contributed by atoms with Crippen molar-refractivity contribution in [2.45, 2.75) is 44.4 Å². The molecule has 2 aliphatic rings. The van der Waals surface area contributed by atoms with Crippen molar-refractivity contribution in [1.29, 1.82) is 0 Å². The second-order valence-corrected chi connectivity index (χ2v) is 10.6. The molecule has 38 heavy (non-hydrogen) atoms. The van der Waals surface area contributed by atoms with Gasteiger partial charge in [-0.3, -0.25) is 14.7 Å². The van der Waals surface area contributed by atoms with Crippen LogP contribution in [0.2, 0.25) is 0 Å². The predicted octanol–water partition coefficient (Wildman–Crippen LogP) is 3.67. The Morgan fingerprint density at radius 2 is 1.89 bits per heavy atom. The first-order chi connectivity index (χ1) is 18.3. The van der Waals surface area contributed by atoms with Crippen LogP contribution in [-0.4, -0.2) is 68.4 Å². The molecule has 10 nitrogen and oxygen atoms in total. The van der Waals surface area contributed by atoms with Crippen LogP contribution in [0.25, 0.3) is 0 Å². The molecule has 0 aromatic carbocycles. The minimum Gasteiger partial charge on any atom is -0.355 e. The Morgan fingerprint density at radius 1 is 1.08 bits per heavy atom. The highest BCUT2D eigenvalue weighted by atomic mass is 32.1. The minimum absolute atomic E-state index is 0.108. The van der Waals surface area contributed by atoms with Gasteiger partial charge in [0.05, 0.1) is 5.56 Å². The lowest BCUT2D eigenvalue weighted by molar-refractivity contribution is -0.137. The highest BCUT2D eigenvalue weighted by Crippen LogP contribution is 2.30. The van der Waals surface area contributed by atoms with Crippen molar-refractivity contribution in [2.24, 2.45) is 5.92 Å². The van der Waals surface area contributed by atoms with E-state index in [1.807, 2.05) is 12.1 Å². The van der Waals surface area contributed by atoms with Crippen LogP contribution in [0.1, 0.15) is 36.8 Å². The van der Waals surface area contributed by atoms with Crippen LogP contribution >= 0.6 is 11.3 Å². The molecule has 3 aromatic rings. The Morgan fingerprint density at radius 3 is 2.66 bits per heavy atom. The number of piperidine rings is 1. The monoisotopic (exact) mass is 547 g/mol. The number of hydrogen-bond donors (Lipinski definition) is 2. The molecule has 202 valence electrons. The maximum absolute atomic E-state index is 12.9. The van der Waals surface area contributed by atoms with E-state index in [9.17, 15) is 18.0 Å². The molecule has 0 aliphatic carbocycles. The number of pyridine rings is 1. The summed E-state index contributed by atoms with van der Waals surface area (Å²) in [5, 5.41) is 23.7. The number of likely N-dealkylation sites (tertiary alicyclic amines) is 1. The second-order valence-electron chi connectivity index (χ2n) is 9.62. The van der Waals surface area contributed by atoms with Crippen LogP contribution in [0.4, 0.5) is 29.3 Å². The van der Waals surface area contributed by atoms with Gasteiger partial charge in [-0.15, -0.1) is 15.3 Å². The van der Waals surface area contributed by atoms with E-state index >= 15 is 0 Å². The summed E-state index contributed by atoms with van der Waals surface area (Å²) < 4.78 is 38.8. The van der Waals surface area contributed by atoms with Gasteiger partial charge in [0.2, 0.25) is 16.2 Å². The number of rotatable bonds is 8. The minimum atomic E-state index is -4.40. The fourth-order valence-corrected chi connectivity index (χ4v) is 5.56. The summed E-state index contributed by atoms with van der Waals surface area (Å²) in [5.41, 5.74) is -0.195. The van der Waals surface area contributed by atoms with Crippen LogP contribution in [-0.2, 0) is 17.5 Å². The molecule has 3 aromatic heterocycles. The van der Waals surface area contributed by atoms with Gasteiger partial charge in [-0.25, -0.2) is 0 Å². The number of amides is 1. The number of hydrogen-bond acceptors (Lipinski definition) is 10. The average Bonchev–Trinajstić information content (AvgIpc) is 3.55. The molecule has 2 saturated heterocycles. The van der Waals surface area contributed by atoms with Crippen molar-refractivity contribution >= 4 is 33.3 Å². The van der Waals surface area contributed by atoms with Gasteiger partial charge in [0.1, 0.15) is 0 Å². The Bertz CT molecular complexity index is 1220. The second kappa shape index (κ2) is 11.6. The van der Waals surface area contributed by atoms with Crippen LogP contribution in [0.3, 0.4) is 0 Å². The number of aromatic nitrogens is 5. The molecule has 1 atom stereocenters. The molecule has 14 heteroatoms. The van der Waals surface area contributed by atoms with Gasteiger partial charge in [0, 0.05) is 50.7 Å². The molecule has 5 rings (SSSR count). The topological polar surface area (TPSA) is 112 Å². The molecule has 0 bridgehead atoms. The van der Waals surface area contributed by atoms with E-state index in [2.05, 4.69) is 45.8 Å². The predicted molar refractivity (Wildman–Crippen MR) is 137 cm³/mol. The Hall–Kier alpha value is -3.39. The van der Waals surface area contributed by atoms with Gasteiger partial charge in [0.25, 0.3) is 0 Å². The number of carbonyl (C=O) groups is 1. The normalized spacial score (nSPS) is 19.0. The number of nitrogens with zero attached hydrogens (tertiary/aromatic N) is 7. The summed E-state index contributed by atoms with van der Waals surface area (Å²) in [6, 6.07) is 5.15. The van der Waals surface area contributed by atoms with Gasteiger partial charge in [-0.05, 0) is 62.0 Å². The summed E-state index contributed by atoms with van der Waals surface area (Å²) in [5.74, 6) is 0.949. The van der Waals surface area contributed by atoms with Gasteiger partial charge in [-0.1, -0.05) is 11.3 Å². The summed E-state index contributed by atoms with van der Waals surface area (Å²) in [6.45, 7) is 3.49. The molecule has 1 amide bonds. The molecule has 2 aliphatic heterocycles. The summed E-state index contributed by atoms with van der Waals surface area (Å²) in [7, 11) is 0. The lowest BCUT2D eigenvalue weighted by Crippen LogP contribution is -2.34. The van der Waals surface area contributed by atoms with E-state index in [0.29, 0.717) is 41.9 Å². The SMILES string of the molecule is O=C(CC1CCN(Cc2cncc(C(F)(F)F)c2)CC1)Nc1nnc(NC2CCN(c3cccnn3)C2)s1. The molecular weight excluding hydrogens is 519 g/mol. The van der Waals surface area contributed by atoms with Crippen molar-refractivity contribution in [3.63, 3.8) is 0 Å². The average molecular weight is 548 g/mol. The van der Waals surface area contributed by atoms with Crippen molar-refractivity contribution in [1.82, 2.24) is 30.3 Å². The van der Waals surface area contributed by atoms with Crippen LogP contribution in [0.15, 0.2) is 36.8 Å². The number of anilines is 3. The third-order valence-electron chi connectivity index (χ3n) is 6.78. The molecule has 5 heterocycles. The van der Waals surface area contributed by atoms with Gasteiger partial charge in [0.15, 0.2) is 5.82 Å². The number of carbonyl (C=O) groups excluding carboxylic acids is 1. The maximum atomic E-state index is 12.9. The summed E-state index contributed by atoms with van der Waals surface area (Å²) in [4.78, 5) is 20.6.